The van der Waals surface area contributed by atoms with E-state index in [0.29, 0.717) is 17.3 Å². The molecule has 1 saturated heterocycles. The molecule has 3 rings (SSSR count). The molecule has 1 heterocycles. The summed E-state index contributed by atoms with van der Waals surface area (Å²) in [6.45, 7) is 4.36. The van der Waals surface area contributed by atoms with Gasteiger partial charge >= 0.3 is 0 Å². The number of carbonyl (C=O) groups is 2. The zero-order valence-electron chi connectivity index (χ0n) is 14.8. The minimum atomic E-state index is -0.204. The van der Waals surface area contributed by atoms with Crippen molar-refractivity contribution >= 4 is 29.1 Å². The summed E-state index contributed by atoms with van der Waals surface area (Å²) in [6.07, 6.45) is 0. The largest absolute Gasteiger partial charge is 0.484 e. The van der Waals surface area contributed by atoms with Crippen molar-refractivity contribution in [3.05, 3.63) is 59.1 Å². The molecule has 2 aromatic rings. The number of aryl methyl sites for hydroxylation is 1. The first-order chi connectivity index (χ1) is 12.4. The molecule has 0 aromatic heterocycles. The van der Waals surface area contributed by atoms with E-state index in [0.717, 1.165) is 11.3 Å². The van der Waals surface area contributed by atoms with Crippen molar-refractivity contribution in [3.8, 4) is 5.75 Å². The number of anilines is 1. The van der Waals surface area contributed by atoms with E-state index in [1.54, 1.807) is 34.1 Å². The maximum absolute atomic E-state index is 12.5. The lowest BCUT2D eigenvalue weighted by molar-refractivity contribution is -0.141. The molecule has 5 nitrogen and oxygen atoms in total. The summed E-state index contributed by atoms with van der Waals surface area (Å²) >= 11 is 5.83. The number of benzene rings is 2. The van der Waals surface area contributed by atoms with Crippen molar-refractivity contribution in [1.82, 2.24) is 4.90 Å². The highest BCUT2D eigenvalue weighted by Gasteiger charge is 2.33. The second-order valence-electron chi connectivity index (χ2n) is 6.45. The van der Waals surface area contributed by atoms with Crippen molar-refractivity contribution < 1.29 is 14.3 Å². The first kappa shape index (κ1) is 18.3. The van der Waals surface area contributed by atoms with Crippen LogP contribution in [0.2, 0.25) is 5.02 Å². The molecule has 6 heteroatoms. The summed E-state index contributed by atoms with van der Waals surface area (Å²) < 4.78 is 5.51. The van der Waals surface area contributed by atoms with Crippen LogP contribution in [-0.2, 0) is 9.59 Å². The van der Waals surface area contributed by atoms with Gasteiger partial charge in [-0.05, 0) is 50.2 Å². The standard InChI is InChI=1S/C20H21ClN2O3/c1-14-3-7-17(8-4-14)23-11-15(2)22(12-19(23)24)20(25)13-26-18-9-5-16(21)6-10-18/h3-10,15H,11-13H2,1-2H3. The lowest BCUT2D eigenvalue weighted by Crippen LogP contribution is -2.58. The van der Waals surface area contributed by atoms with Crippen LogP contribution in [0.3, 0.4) is 0 Å². The quantitative estimate of drug-likeness (QED) is 0.827. The highest BCUT2D eigenvalue weighted by atomic mass is 35.5. The Bertz CT molecular complexity index is 790. The normalized spacial score (nSPS) is 17.3. The van der Waals surface area contributed by atoms with E-state index in [-0.39, 0.29) is 31.0 Å². The zero-order chi connectivity index (χ0) is 18.7. The van der Waals surface area contributed by atoms with Crippen LogP contribution in [-0.4, -0.2) is 42.5 Å². The molecular weight excluding hydrogens is 352 g/mol. The first-order valence-electron chi connectivity index (χ1n) is 8.49. The van der Waals surface area contributed by atoms with E-state index in [1.807, 2.05) is 38.1 Å². The van der Waals surface area contributed by atoms with Gasteiger partial charge < -0.3 is 14.5 Å². The highest BCUT2D eigenvalue weighted by molar-refractivity contribution is 6.30. The Morgan fingerprint density at radius 1 is 1.15 bits per heavy atom. The number of amides is 2. The van der Waals surface area contributed by atoms with E-state index in [9.17, 15) is 9.59 Å². The van der Waals surface area contributed by atoms with E-state index in [4.69, 9.17) is 16.3 Å². The number of rotatable bonds is 4. The van der Waals surface area contributed by atoms with Crippen molar-refractivity contribution in [3.63, 3.8) is 0 Å². The van der Waals surface area contributed by atoms with Crippen molar-refractivity contribution in [2.24, 2.45) is 0 Å². The molecule has 1 fully saturated rings. The minimum absolute atomic E-state index is 0.0534. The van der Waals surface area contributed by atoms with Crippen LogP contribution in [0.1, 0.15) is 12.5 Å². The van der Waals surface area contributed by atoms with Gasteiger partial charge in [0.05, 0.1) is 0 Å². The number of ether oxygens (including phenoxy) is 1. The van der Waals surface area contributed by atoms with E-state index in [1.165, 1.54) is 0 Å². The van der Waals surface area contributed by atoms with Gasteiger partial charge in [-0.25, -0.2) is 0 Å². The molecule has 2 amide bonds. The Kier molecular flexibility index (Phi) is 5.47. The molecule has 0 bridgehead atoms. The number of carbonyl (C=O) groups excluding carboxylic acids is 2. The molecule has 0 aliphatic carbocycles. The average molecular weight is 373 g/mol. The average Bonchev–Trinajstić information content (AvgIpc) is 2.63. The van der Waals surface area contributed by atoms with Crippen LogP contribution in [0.5, 0.6) is 5.75 Å². The predicted molar refractivity (Wildman–Crippen MR) is 102 cm³/mol. The summed E-state index contributed by atoms with van der Waals surface area (Å²) in [7, 11) is 0. The Labute approximate surface area is 158 Å². The van der Waals surface area contributed by atoms with Gasteiger partial charge in [0, 0.05) is 23.3 Å². The first-order valence-corrected chi connectivity index (χ1v) is 8.86. The molecule has 1 atom stereocenters. The van der Waals surface area contributed by atoms with Crippen LogP contribution in [0, 0.1) is 6.92 Å². The minimum Gasteiger partial charge on any atom is -0.484 e. The molecule has 0 spiro atoms. The molecule has 1 unspecified atom stereocenters. The number of nitrogens with zero attached hydrogens (tertiary/aromatic N) is 2. The van der Waals surface area contributed by atoms with Crippen molar-refractivity contribution in [2.45, 2.75) is 19.9 Å². The van der Waals surface area contributed by atoms with Crippen LogP contribution >= 0.6 is 11.6 Å². The summed E-state index contributed by atoms with van der Waals surface area (Å²) in [4.78, 5) is 28.3. The van der Waals surface area contributed by atoms with Crippen LogP contribution in [0.25, 0.3) is 0 Å². The fourth-order valence-electron chi connectivity index (χ4n) is 2.92. The predicted octanol–water partition coefficient (Wildman–Crippen LogP) is 3.29. The third-order valence-electron chi connectivity index (χ3n) is 4.43. The molecule has 1 aliphatic rings. The zero-order valence-corrected chi connectivity index (χ0v) is 15.6. The maximum Gasteiger partial charge on any atom is 0.261 e. The number of hydrogen-bond donors (Lipinski definition) is 0. The molecule has 26 heavy (non-hydrogen) atoms. The lowest BCUT2D eigenvalue weighted by atomic mass is 10.1. The van der Waals surface area contributed by atoms with Crippen LogP contribution in [0.4, 0.5) is 5.69 Å². The van der Waals surface area contributed by atoms with Gasteiger partial charge in [-0.2, -0.15) is 0 Å². The summed E-state index contributed by atoms with van der Waals surface area (Å²) in [5.74, 6) is 0.274. The third-order valence-corrected chi connectivity index (χ3v) is 4.68. The summed E-state index contributed by atoms with van der Waals surface area (Å²) in [5, 5.41) is 0.607. The molecule has 0 radical (unpaired) electrons. The topological polar surface area (TPSA) is 49.9 Å². The number of hydrogen-bond acceptors (Lipinski definition) is 3. The lowest BCUT2D eigenvalue weighted by Gasteiger charge is -2.39. The monoisotopic (exact) mass is 372 g/mol. The Morgan fingerprint density at radius 2 is 1.81 bits per heavy atom. The number of halogens is 1. The molecule has 2 aromatic carbocycles. The smallest absolute Gasteiger partial charge is 0.261 e. The Balaban J connectivity index is 1.61. The Hall–Kier alpha value is -2.53. The molecule has 136 valence electrons. The van der Waals surface area contributed by atoms with Gasteiger partial charge in [0.15, 0.2) is 6.61 Å². The van der Waals surface area contributed by atoms with Crippen molar-refractivity contribution in [2.75, 3.05) is 24.6 Å². The second-order valence-corrected chi connectivity index (χ2v) is 6.89. The van der Waals surface area contributed by atoms with Crippen molar-refractivity contribution in [1.29, 1.82) is 0 Å². The molecule has 0 N–H and O–H groups in total. The van der Waals surface area contributed by atoms with Crippen LogP contribution < -0.4 is 9.64 Å². The molecule has 0 saturated carbocycles. The summed E-state index contributed by atoms with van der Waals surface area (Å²) in [6, 6.07) is 14.5. The fraction of sp³-hybridized carbons (Fsp3) is 0.300. The van der Waals surface area contributed by atoms with Gasteiger partial charge in [-0.1, -0.05) is 29.3 Å². The second kappa shape index (κ2) is 7.79. The van der Waals surface area contributed by atoms with Gasteiger partial charge in [0.2, 0.25) is 5.91 Å². The fourth-order valence-corrected chi connectivity index (χ4v) is 3.04. The molecule has 1 aliphatic heterocycles. The van der Waals surface area contributed by atoms with Gasteiger partial charge in [0.25, 0.3) is 5.91 Å². The highest BCUT2D eigenvalue weighted by Crippen LogP contribution is 2.21. The van der Waals surface area contributed by atoms with Gasteiger partial charge in [0.1, 0.15) is 12.3 Å². The van der Waals surface area contributed by atoms with Crippen LogP contribution in [0.15, 0.2) is 48.5 Å². The maximum atomic E-state index is 12.5. The van der Waals surface area contributed by atoms with Gasteiger partial charge in [-0.3, -0.25) is 9.59 Å². The molecular formula is C20H21ClN2O3. The third kappa shape index (κ3) is 4.17. The Morgan fingerprint density at radius 3 is 2.46 bits per heavy atom. The van der Waals surface area contributed by atoms with E-state index >= 15 is 0 Å². The van der Waals surface area contributed by atoms with E-state index < -0.39 is 0 Å². The van der Waals surface area contributed by atoms with E-state index in [2.05, 4.69) is 0 Å². The summed E-state index contributed by atoms with van der Waals surface area (Å²) in [5.41, 5.74) is 2.00. The SMILES string of the molecule is Cc1ccc(N2CC(C)N(C(=O)COc3ccc(Cl)cc3)CC2=O)cc1. The number of piperazine rings is 1. The van der Waals surface area contributed by atoms with Gasteiger partial charge in [-0.15, -0.1) is 0 Å².